The van der Waals surface area contributed by atoms with Gasteiger partial charge in [0.2, 0.25) is 0 Å². The SMILES string of the molecule is CO/C1=C(c2cn[nH]c2)/C=N\C(N2CC3(CCN(C(=O)C(C)(C)O)CC3)N(Cc3cccc(OC)c3)C2=O)=C/CC1. The number of allylic oxidation sites excluding steroid dienone is 3. The molecule has 0 bridgehead atoms. The van der Waals surface area contributed by atoms with E-state index in [4.69, 9.17) is 14.5 Å². The third-order valence-electron chi connectivity index (χ3n) is 8.12. The van der Waals surface area contributed by atoms with Crippen LogP contribution in [0.5, 0.6) is 5.75 Å². The molecule has 3 amide bonds. The van der Waals surface area contributed by atoms with Crippen molar-refractivity contribution in [2.75, 3.05) is 33.9 Å². The highest BCUT2D eigenvalue weighted by Gasteiger charge is 2.52. The molecule has 1 aromatic heterocycles. The third-order valence-corrected chi connectivity index (χ3v) is 8.12. The molecule has 2 aromatic rings. The van der Waals surface area contributed by atoms with E-state index in [2.05, 4.69) is 10.2 Å². The molecule has 3 aliphatic heterocycles. The van der Waals surface area contributed by atoms with E-state index in [-0.39, 0.29) is 11.9 Å². The molecule has 11 nitrogen and oxygen atoms in total. The Morgan fingerprint density at radius 1 is 1.20 bits per heavy atom. The number of aromatic amines is 1. The van der Waals surface area contributed by atoms with E-state index >= 15 is 0 Å². The summed E-state index contributed by atoms with van der Waals surface area (Å²) in [6.07, 6.45) is 9.72. The Labute approximate surface area is 240 Å². The second-order valence-corrected chi connectivity index (χ2v) is 11.3. The molecule has 0 atom stereocenters. The molecule has 218 valence electrons. The number of carbonyl (C=O) groups excluding carboxylic acids is 2. The number of ether oxygens (including phenoxy) is 2. The quantitative estimate of drug-likeness (QED) is 0.532. The lowest BCUT2D eigenvalue weighted by Gasteiger charge is -2.44. The molecule has 5 rings (SSSR count). The van der Waals surface area contributed by atoms with E-state index in [0.29, 0.717) is 57.7 Å². The summed E-state index contributed by atoms with van der Waals surface area (Å²) in [5, 5.41) is 17.2. The Morgan fingerprint density at radius 3 is 2.63 bits per heavy atom. The van der Waals surface area contributed by atoms with Crippen molar-refractivity contribution < 1.29 is 24.2 Å². The number of aliphatic imine (C=N–C) groups is 1. The molecule has 0 unspecified atom stereocenters. The molecule has 2 N–H and O–H groups in total. The van der Waals surface area contributed by atoms with Gasteiger partial charge < -0.3 is 24.4 Å². The number of rotatable bonds is 7. The number of aromatic nitrogens is 2. The van der Waals surface area contributed by atoms with Gasteiger partial charge in [0.25, 0.3) is 5.91 Å². The number of nitrogens with zero attached hydrogens (tertiary/aromatic N) is 5. The number of nitrogens with one attached hydrogen (secondary N) is 1. The van der Waals surface area contributed by atoms with Crippen LogP contribution in [0.3, 0.4) is 0 Å². The number of H-pyrrole nitrogens is 1. The first-order valence-corrected chi connectivity index (χ1v) is 13.9. The Kier molecular flexibility index (Phi) is 7.90. The first-order valence-electron chi connectivity index (χ1n) is 13.9. The Morgan fingerprint density at radius 2 is 1.98 bits per heavy atom. The maximum absolute atomic E-state index is 14.2. The first kappa shape index (κ1) is 28.4. The molecular formula is C30H38N6O5. The van der Waals surface area contributed by atoms with Crippen molar-refractivity contribution >= 4 is 23.7 Å². The van der Waals surface area contributed by atoms with E-state index < -0.39 is 11.1 Å². The number of urea groups is 1. The van der Waals surface area contributed by atoms with E-state index in [1.165, 1.54) is 13.8 Å². The summed E-state index contributed by atoms with van der Waals surface area (Å²) >= 11 is 0. The van der Waals surface area contributed by atoms with Crippen LogP contribution in [0.1, 0.15) is 50.7 Å². The van der Waals surface area contributed by atoms with Gasteiger partial charge in [-0.15, -0.1) is 0 Å². The largest absolute Gasteiger partial charge is 0.500 e. The van der Waals surface area contributed by atoms with Crippen LogP contribution in [0.2, 0.25) is 0 Å². The number of carbonyl (C=O) groups is 2. The lowest BCUT2D eigenvalue weighted by atomic mass is 9.85. The van der Waals surface area contributed by atoms with Crippen molar-refractivity contribution in [3.8, 4) is 5.75 Å². The lowest BCUT2D eigenvalue weighted by Crippen LogP contribution is -2.57. The van der Waals surface area contributed by atoms with Gasteiger partial charge in [-0.3, -0.25) is 14.8 Å². The number of amides is 3. The minimum absolute atomic E-state index is 0.125. The van der Waals surface area contributed by atoms with Crippen molar-refractivity contribution in [3.05, 3.63) is 65.4 Å². The van der Waals surface area contributed by atoms with Crippen molar-refractivity contribution in [2.45, 2.75) is 57.2 Å². The normalized spacial score (nSPS) is 23.2. The number of hydrogen-bond acceptors (Lipinski definition) is 7. The fourth-order valence-corrected chi connectivity index (χ4v) is 5.85. The average Bonchev–Trinajstić information content (AvgIpc) is 3.57. The smallest absolute Gasteiger partial charge is 0.326 e. The van der Waals surface area contributed by atoms with Crippen LogP contribution in [-0.2, 0) is 16.1 Å². The predicted octanol–water partition coefficient (Wildman–Crippen LogP) is 3.55. The Hall–Kier alpha value is -4.12. The summed E-state index contributed by atoms with van der Waals surface area (Å²) in [7, 11) is 3.27. The van der Waals surface area contributed by atoms with Crippen LogP contribution in [0.25, 0.3) is 5.57 Å². The minimum atomic E-state index is -1.44. The molecule has 3 aliphatic rings. The van der Waals surface area contributed by atoms with E-state index in [1.807, 2.05) is 35.2 Å². The number of likely N-dealkylation sites (tertiary alicyclic amines) is 1. The van der Waals surface area contributed by atoms with E-state index in [9.17, 15) is 14.7 Å². The van der Waals surface area contributed by atoms with E-state index in [0.717, 1.165) is 28.2 Å². The monoisotopic (exact) mass is 562 g/mol. The van der Waals surface area contributed by atoms with Gasteiger partial charge in [0, 0.05) is 49.6 Å². The lowest BCUT2D eigenvalue weighted by molar-refractivity contribution is -0.150. The standard InChI is InChI=1S/C30H38N6O5/c1-29(2,39)27(37)34-13-11-30(12-14-34)20-35(28(38)36(30)19-21-7-5-8-23(15-21)40-3)26-10-6-9-25(41-4)24(18-31-26)22-16-32-33-17-22/h5,7-8,10,15-18,39H,6,9,11-14,19-20H2,1-4H3,(H,32,33)/b25-24-,26-10+,31-18-. The summed E-state index contributed by atoms with van der Waals surface area (Å²) in [5.41, 5.74) is 0.691. The topological polar surface area (TPSA) is 124 Å². The zero-order valence-electron chi connectivity index (χ0n) is 24.1. The maximum atomic E-state index is 14.2. The molecule has 0 radical (unpaired) electrons. The van der Waals surface area contributed by atoms with Crippen LogP contribution in [-0.4, -0.2) is 93.2 Å². The summed E-state index contributed by atoms with van der Waals surface area (Å²) in [5.74, 6) is 1.82. The van der Waals surface area contributed by atoms with Crippen LogP contribution in [0, 0.1) is 0 Å². The van der Waals surface area contributed by atoms with Crippen molar-refractivity contribution in [2.24, 2.45) is 4.99 Å². The zero-order valence-corrected chi connectivity index (χ0v) is 24.1. The van der Waals surface area contributed by atoms with E-state index in [1.54, 1.807) is 42.6 Å². The fourth-order valence-electron chi connectivity index (χ4n) is 5.85. The Balaban J connectivity index is 1.45. The van der Waals surface area contributed by atoms with Crippen LogP contribution < -0.4 is 4.74 Å². The van der Waals surface area contributed by atoms with Gasteiger partial charge in [0.1, 0.15) is 22.9 Å². The third kappa shape index (κ3) is 5.72. The van der Waals surface area contributed by atoms with Gasteiger partial charge in [-0.25, -0.2) is 9.79 Å². The van der Waals surface area contributed by atoms with Crippen LogP contribution >= 0.6 is 0 Å². The molecule has 2 fully saturated rings. The fraction of sp³-hybridized carbons (Fsp3) is 0.467. The second-order valence-electron chi connectivity index (χ2n) is 11.3. The zero-order chi connectivity index (χ0) is 29.2. The van der Waals surface area contributed by atoms with Gasteiger partial charge in [0.15, 0.2) is 0 Å². The van der Waals surface area contributed by atoms with Gasteiger partial charge >= 0.3 is 6.03 Å². The highest BCUT2D eigenvalue weighted by Crippen LogP contribution is 2.40. The number of hydrogen-bond donors (Lipinski definition) is 2. The molecule has 1 aromatic carbocycles. The number of aliphatic hydroxyl groups is 1. The van der Waals surface area contributed by atoms with Crippen LogP contribution in [0.15, 0.2) is 59.3 Å². The maximum Gasteiger partial charge on any atom is 0.326 e. The summed E-state index contributed by atoms with van der Waals surface area (Å²) in [6.45, 7) is 4.77. The molecule has 41 heavy (non-hydrogen) atoms. The first-order chi connectivity index (χ1) is 19.6. The number of benzene rings is 1. The van der Waals surface area contributed by atoms with Crippen molar-refractivity contribution in [3.63, 3.8) is 0 Å². The summed E-state index contributed by atoms with van der Waals surface area (Å²) < 4.78 is 11.1. The molecule has 2 saturated heterocycles. The van der Waals surface area contributed by atoms with Gasteiger partial charge in [-0.05, 0) is 56.9 Å². The number of methoxy groups -OCH3 is 2. The average molecular weight is 563 g/mol. The van der Waals surface area contributed by atoms with Gasteiger partial charge in [0.05, 0.1) is 32.5 Å². The molecule has 4 heterocycles. The second kappa shape index (κ2) is 11.4. The predicted molar refractivity (Wildman–Crippen MR) is 154 cm³/mol. The summed E-state index contributed by atoms with van der Waals surface area (Å²) in [4.78, 5) is 37.2. The molecule has 11 heteroatoms. The highest BCUT2D eigenvalue weighted by atomic mass is 16.5. The highest BCUT2D eigenvalue weighted by molar-refractivity contribution is 6.11. The molecule has 0 aliphatic carbocycles. The number of piperidine rings is 1. The molecule has 1 spiro atoms. The molecular weight excluding hydrogens is 524 g/mol. The summed E-state index contributed by atoms with van der Waals surface area (Å²) in [6, 6.07) is 7.60. The molecule has 0 saturated carbocycles. The van der Waals surface area contributed by atoms with Crippen LogP contribution in [0.4, 0.5) is 4.79 Å². The minimum Gasteiger partial charge on any atom is -0.500 e. The van der Waals surface area contributed by atoms with Crippen molar-refractivity contribution in [1.29, 1.82) is 0 Å². The Bertz CT molecular complexity index is 1370. The van der Waals surface area contributed by atoms with Gasteiger partial charge in [-0.2, -0.15) is 5.10 Å². The van der Waals surface area contributed by atoms with Gasteiger partial charge in [-0.1, -0.05) is 12.1 Å². The van der Waals surface area contributed by atoms with Crippen molar-refractivity contribution in [1.82, 2.24) is 24.9 Å².